The zero-order valence-electron chi connectivity index (χ0n) is 32.4. The standard InChI is InChI=1S/C38H58N6O10/c1-22(2)19-28(38(53)54)41-35(50)27(21-31(47)48)39-34(49)26(20-30(46)44-17-11-12-18-44)40-36(51)32(23(3)4)42-37(52)33(24(5)6)43(7)29(45)16-15-25-13-9-8-10-14-25/h8-10,13-14,22-24,26-28,32-33H,11-12,15-21H2,1-7H3,(H,39,49)(H,40,51)(H,41,50)(H,42,52)(H,47,48)(H,53,54). The Morgan fingerprint density at radius 3 is 1.74 bits per heavy atom. The van der Waals surface area contributed by atoms with Gasteiger partial charge in [-0.25, -0.2) is 4.79 Å². The molecule has 1 aliphatic rings. The summed E-state index contributed by atoms with van der Waals surface area (Å²) in [7, 11) is 1.53. The molecule has 2 rings (SSSR count). The minimum atomic E-state index is -1.74. The molecule has 5 unspecified atom stereocenters. The van der Waals surface area contributed by atoms with Crippen LogP contribution in [0.1, 0.15) is 85.6 Å². The summed E-state index contributed by atoms with van der Waals surface area (Å²) in [5, 5.41) is 29.0. The number of rotatable bonds is 21. The molecule has 1 aromatic carbocycles. The molecule has 6 N–H and O–H groups in total. The molecule has 6 amide bonds. The molecule has 0 aromatic heterocycles. The number of carboxylic acids is 2. The molecule has 0 radical (unpaired) electrons. The predicted molar refractivity (Wildman–Crippen MR) is 198 cm³/mol. The van der Waals surface area contributed by atoms with Gasteiger partial charge in [0.05, 0.1) is 12.8 Å². The maximum atomic E-state index is 13.9. The first-order chi connectivity index (χ1) is 25.3. The van der Waals surface area contributed by atoms with Crippen LogP contribution in [0, 0.1) is 17.8 Å². The molecule has 1 saturated heterocycles. The van der Waals surface area contributed by atoms with E-state index in [2.05, 4.69) is 21.3 Å². The number of nitrogens with one attached hydrogen (secondary N) is 4. The minimum Gasteiger partial charge on any atom is -0.481 e. The van der Waals surface area contributed by atoms with Gasteiger partial charge in [0.1, 0.15) is 30.2 Å². The first-order valence-corrected chi connectivity index (χ1v) is 18.6. The van der Waals surface area contributed by atoms with Crippen LogP contribution in [0.15, 0.2) is 30.3 Å². The summed E-state index contributed by atoms with van der Waals surface area (Å²) in [6.07, 6.45) is 0.719. The van der Waals surface area contributed by atoms with Crippen molar-refractivity contribution in [1.29, 1.82) is 0 Å². The predicted octanol–water partition coefficient (Wildman–Crippen LogP) is 1.32. The Balaban J connectivity index is 2.31. The Labute approximate surface area is 317 Å². The molecule has 16 heteroatoms. The van der Waals surface area contributed by atoms with Crippen LogP contribution in [0.5, 0.6) is 0 Å². The first kappa shape index (κ1) is 45.1. The number of nitrogens with zero attached hydrogens (tertiary/aromatic N) is 2. The average molecular weight is 759 g/mol. The lowest BCUT2D eigenvalue weighted by Gasteiger charge is -2.33. The lowest BCUT2D eigenvalue weighted by atomic mass is 9.98. The molecule has 1 heterocycles. The number of carboxylic acid groups (broad SMARTS) is 2. The maximum Gasteiger partial charge on any atom is 0.326 e. The van der Waals surface area contributed by atoms with Crippen LogP contribution >= 0.6 is 0 Å². The number of aryl methyl sites for hydroxylation is 1. The lowest BCUT2D eigenvalue weighted by molar-refractivity contribution is -0.144. The van der Waals surface area contributed by atoms with Gasteiger partial charge in [-0.1, -0.05) is 71.9 Å². The normalized spacial score (nSPS) is 15.5. The van der Waals surface area contributed by atoms with E-state index in [-0.39, 0.29) is 30.6 Å². The van der Waals surface area contributed by atoms with Crippen molar-refractivity contribution in [3.05, 3.63) is 35.9 Å². The number of hydrogen-bond donors (Lipinski definition) is 6. The van der Waals surface area contributed by atoms with Gasteiger partial charge in [-0.2, -0.15) is 0 Å². The van der Waals surface area contributed by atoms with E-state index in [4.69, 9.17) is 0 Å². The molecule has 1 fully saturated rings. The van der Waals surface area contributed by atoms with E-state index in [1.54, 1.807) is 41.5 Å². The molecule has 0 aliphatic carbocycles. The fourth-order valence-electron chi connectivity index (χ4n) is 6.29. The Kier molecular flexibility index (Phi) is 18.1. The second-order valence-electron chi connectivity index (χ2n) is 15.0. The summed E-state index contributed by atoms with van der Waals surface area (Å²) in [5.41, 5.74) is 0.966. The lowest BCUT2D eigenvalue weighted by Crippen LogP contribution is -2.61. The highest BCUT2D eigenvalue weighted by Crippen LogP contribution is 2.16. The van der Waals surface area contributed by atoms with E-state index in [9.17, 15) is 48.6 Å². The molecule has 16 nitrogen and oxygen atoms in total. The summed E-state index contributed by atoms with van der Waals surface area (Å²) in [4.78, 5) is 107. The van der Waals surface area contributed by atoms with E-state index >= 15 is 0 Å². The molecule has 0 bridgehead atoms. The van der Waals surface area contributed by atoms with Gasteiger partial charge < -0.3 is 41.3 Å². The van der Waals surface area contributed by atoms with Crippen LogP contribution in [-0.2, 0) is 44.8 Å². The number of likely N-dealkylation sites (tertiary alicyclic amines) is 1. The van der Waals surface area contributed by atoms with Crippen molar-refractivity contribution in [2.75, 3.05) is 20.1 Å². The first-order valence-electron chi connectivity index (χ1n) is 18.6. The quantitative estimate of drug-likeness (QED) is 0.105. The summed E-state index contributed by atoms with van der Waals surface area (Å²) in [6.45, 7) is 11.2. The van der Waals surface area contributed by atoms with Crippen LogP contribution < -0.4 is 21.3 Å². The number of carbonyl (C=O) groups excluding carboxylic acids is 6. The van der Waals surface area contributed by atoms with Crippen LogP contribution in [0.4, 0.5) is 0 Å². The van der Waals surface area contributed by atoms with Crippen LogP contribution in [0.2, 0.25) is 0 Å². The van der Waals surface area contributed by atoms with E-state index in [1.165, 1.54) is 16.8 Å². The summed E-state index contributed by atoms with van der Waals surface area (Å²) >= 11 is 0. The number of aliphatic carboxylic acids is 2. The van der Waals surface area contributed by atoms with Crippen molar-refractivity contribution < 1.29 is 48.6 Å². The molecule has 0 spiro atoms. The minimum absolute atomic E-state index is 0.0371. The van der Waals surface area contributed by atoms with E-state index in [0.29, 0.717) is 19.5 Å². The Bertz CT molecular complexity index is 1480. The monoisotopic (exact) mass is 758 g/mol. The molecule has 54 heavy (non-hydrogen) atoms. The second-order valence-corrected chi connectivity index (χ2v) is 15.0. The molecule has 0 saturated carbocycles. The van der Waals surface area contributed by atoms with Gasteiger partial charge in [0, 0.05) is 26.6 Å². The average Bonchev–Trinajstić information content (AvgIpc) is 3.64. The molecule has 1 aromatic rings. The van der Waals surface area contributed by atoms with Crippen LogP contribution in [0.3, 0.4) is 0 Å². The van der Waals surface area contributed by atoms with Gasteiger partial charge in [0.15, 0.2) is 0 Å². The van der Waals surface area contributed by atoms with Gasteiger partial charge in [-0.3, -0.25) is 33.6 Å². The van der Waals surface area contributed by atoms with Crippen molar-refractivity contribution in [2.24, 2.45) is 17.8 Å². The second kappa shape index (κ2) is 21.6. The largest absolute Gasteiger partial charge is 0.481 e. The SMILES string of the molecule is CC(C)CC(NC(=O)C(CC(=O)O)NC(=O)C(CC(=O)N1CCCC1)NC(=O)C(NC(=O)C(C(C)C)N(C)C(=O)CCc1ccccc1)C(C)C)C(=O)O. The van der Waals surface area contributed by atoms with Gasteiger partial charge >= 0.3 is 11.9 Å². The van der Waals surface area contributed by atoms with Crippen LogP contribution in [-0.4, -0.2) is 118 Å². The van der Waals surface area contributed by atoms with Crippen molar-refractivity contribution in [3.8, 4) is 0 Å². The van der Waals surface area contributed by atoms with E-state index in [1.807, 2.05) is 30.3 Å². The highest BCUT2D eigenvalue weighted by Gasteiger charge is 2.37. The summed E-state index contributed by atoms with van der Waals surface area (Å²) in [5.74, 6) is -8.10. The number of benzene rings is 1. The fraction of sp³-hybridized carbons (Fsp3) is 0.632. The van der Waals surface area contributed by atoms with Gasteiger partial charge in [-0.05, 0) is 49.0 Å². The zero-order chi connectivity index (χ0) is 40.7. The molecule has 300 valence electrons. The highest BCUT2D eigenvalue weighted by molar-refractivity contribution is 5.98. The topological polar surface area (TPSA) is 232 Å². The fourth-order valence-corrected chi connectivity index (χ4v) is 6.29. The number of hydrogen-bond acceptors (Lipinski definition) is 8. The van der Waals surface area contributed by atoms with Crippen molar-refractivity contribution in [2.45, 2.75) is 117 Å². The van der Waals surface area contributed by atoms with Crippen LogP contribution in [0.25, 0.3) is 0 Å². The summed E-state index contributed by atoms with van der Waals surface area (Å²) < 4.78 is 0. The van der Waals surface area contributed by atoms with Gasteiger partial charge in [0.25, 0.3) is 0 Å². The third-order valence-electron chi connectivity index (χ3n) is 9.23. The highest BCUT2D eigenvalue weighted by atomic mass is 16.4. The third-order valence-corrected chi connectivity index (χ3v) is 9.23. The summed E-state index contributed by atoms with van der Waals surface area (Å²) in [6, 6.07) is 2.56. The zero-order valence-corrected chi connectivity index (χ0v) is 32.4. The Morgan fingerprint density at radius 1 is 0.704 bits per heavy atom. The number of likely N-dealkylation sites (N-methyl/N-ethyl adjacent to an activating group) is 1. The smallest absolute Gasteiger partial charge is 0.326 e. The third kappa shape index (κ3) is 14.4. The van der Waals surface area contributed by atoms with E-state index < -0.39 is 90.4 Å². The van der Waals surface area contributed by atoms with E-state index in [0.717, 1.165) is 18.4 Å². The Hall–Kier alpha value is -5.02. The number of carbonyl (C=O) groups is 8. The van der Waals surface area contributed by atoms with Gasteiger partial charge in [0.2, 0.25) is 35.4 Å². The van der Waals surface area contributed by atoms with Crippen molar-refractivity contribution in [1.82, 2.24) is 31.1 Å². The van der Waals surface area contributed by atoms with Gasteiger partial charge in [-0.15, -0.1) is 0 Å². The Morgan fingerprint density at radius 2 is 1.24 bits per heavy atom. The van der Waals surface area contributed by atoms with Crippen molar-refractivity contribution in [3.63, 3.8) is 0 Å². The molecule has 5 atom stereocenters. The molecular weight excluding hydrogens is 700 g/mol. The maximum absolute atomic E-state index is 13.9. The number of amides is 6. The molecule has 1 aliphatic heterocycles. The van der Waals surface area contributed by atoms with Crippen molar-refractivity contribution >= 4 is 47.4 Å². The molecular formula is C38H58N6O10.